The molecule has 0 aromatic carbocycles. The number of aliphatic carboxylic acids is 1. The average Bonchev–Trinajstić information content (AvgIpc) is 3.24. The third kappa shape index (κ3) is 8.30. The summed E-state index contributed by atoms with van der Waals surface area (Å²) in [5.74, 6) is -0.779. The molecule has 0 spiro atoms. The summed E-state index contributed by atoms with van der Waals surface area (Å²) in [6.45, 7) is 13.9. The monoisotopic (exact) mass is 934 g/mol. The van der Waals surface area contributed by atoms with Gasteiger partial charge in [0, 0.05) is 16.8 Å². The van der Waals surface area contributed by atoms with Crippen LogP contribution < -0.4 is 34.7 Å². The first-order valence-corrected chi connectivity index (χ1v) is 23.7. The summed E-state index contributed by atoms with van der Waals surface area (Å²) in [7, 11) is 0. The maximum atomic E-state index is 13.0. The second-order valence-corrected chi connectivity index (χ2v) is 22.8. The first-order chi connectivity index (χ1) is 29.9. The molecule has 0 aromatic heterocycles. The quantitative estimate of drug-likeness (QED) is 0.0634. The summed E-state index contributed by atoms with van der Waals surface area (Å²) < 4.78 is 36.5. The van der Waals surface area contributed by atoms with Crippen molar-refractivity contribution in [3.8, 4) is 0 Å². The number of rotatable bonds is 9. The SMILES string of the molecule is C[C@@H]1O[C@@H](O[C@H]2[C@H](O[C@H]3CC[C@@]4(C)[C@@H](CC[C@]5(C)[C@@H]4CC=C4[C@@H]6CC(C)(C)CC[C@]6(C(=O)[O-])CC[C@]45C)[C@]3(C)CO)OC[C@H](O[C@@H]3O[C@H](CO)[C@@H](O)[C@H](O)[C@H]3O)[C@@H]2O)[C@H](O)[C@H](O)[C@H]1O.[Na+]. The van der Waals surface area contributed by atoms with Crippen molar-refractivity contribution in [3.63, 3.8) is 0 Å². The largest absolute Gasteiger partial charge is 1.00 e. The molecule has 65 heavy (non-hydrogen) atoms. The molecular formula is C47H75NaO17. The fourth-order valence-electron chi connectivity index (χ4n) is 14.8. The van der Waals surface area contributed by atoms with E-state index in [1.165, 1.54) is 12.5 Å². The zero-order chi connectivity index (χ0) is 46.7. The van der Waals surface area contributed by atoms with Crippen LogP contribution in [-0.4, -0.2) is 164 Å². The molecule has 0 radical (unpaired) electrons. The third-order valence-electron chi connectivity index (χ3n) is 19.1. The normalized spacial score (nSPS) is 54.1. The van der Waals surface area contributed by atoms with E-state index in [0.717, 1.165) is 44.9 Å². The number of aliphatic hydroxyl groups is 9. The average molecular weight is 935 g/mol. The second-order valence-electron chi connectivity index (χ2n) is 22.8. The molecule has 3 aliphatic heterocycles. The van der Waals surface area contributed by atoms with E-state index in [4.69, 9.17) is 28.4 Å². The Morgan fingerprint density at radius 2 is 1.38 bits per heavy atom. The Kier molecular flexibility index (Phi) is 15.0. The van der Waals surface area contributed by atoms with Crippen LogP contribution >= 0.6 is 0 Å². The molecule has 0 bridgehead atoms. The number of hydrogen-bond acceptors (Lipinski definition) is 17. The van der Waals surface area contributed by atoms with Crippen LogP contribution in [-0.2, 0) is 33.2 Å². The zero-order valence-corrected chi connectivity index (χ0v) is 41.5. The first kappa shape index (κ1) is 52.4. The topological polar surface area (TPSA) is 278 Å². The van der Waals surface area contributed by atoms with Crippen molar-refractivity contribution >= 4 is 5.97 Å². The fraction of sp³-hybridized carbons (Fsp3) is 0.936. The van der Waals surface area contributed by atoms with Crippen molar-refractivity contribution in [1.29, 1.82) is 0 Å². The van der Waals surface area contributed by atoms with Crippen molar-refractivity contribution in [2.45, 2.75) is 205 Å². The molecule has 366 valence electrons. The number of hydrogen-bond donors (Lipinski definition) is 9. The van der Waals surface area contributed by atoms with Crippen molar-refractivity contribution < 1.29 is 114 Å². The van der Waals surface area contributed by atoms with Crippen LogP contribution in [0.2, 0.25) is 0 Å². The molecule has 3 saturated heterocycles. The minimum Gasteiger partial charge on any atom is -0.550 e. The number of fused-ring (bicyclic) bond motifs is 7. The van der Waals surface area contributed by atoms with Gasteiger partial charge >= 0.3 is 29.6 Å². The van der Waals surface area contributed by atoms with Gasteiger partial charge in [-0.05, 0) is 111 Å². The van der Waals surface area contributed by atoms with Gasteiger partial charge in [0.15, 0.2) is 18.9 Å². The van der Waals surface area contributed by atoms with Crippen molar-refractivity contribution in [1.82, 2.24) is 0 Å². The van der Waals surface area contributed by atoms with Gasteiger partial charge in [-0.2, -0.15) is 0 Å². The van der Waals surface area contributed by atoms with E-state index in [1.807, 2.05) is 6.92 Å². The second kappa shape index (κ2) is 18.7. The molecule has 3 heterocycles. The fourth-order valence-corrected chi connectivity index (χ4v) is 14.8. The maximum Gasteiger partial charge on any atom is 1.00 e. The smallest absolute Gasteiger partial charge is 0.550 e. The molecule has 9 N–H and O–H groups in total. The van der Waals surface area contributed by atoms with Gasteiger partial charge in [-0.1, -0.05) is 53.2 Å². The molecule has 4 saturated carbocycles. The summed E-state index contributed by atoms with van der Waals surface area (Å²) in [4.78, 5) is 13.0. The third-order valence-corrected chi connectivity index (χ3v) is 19.1. The summed E-state index contributed by atoms with van der Waals surface area (Å²) in [6, 6.07) is 0. The van der Waals surface area contributed by atoms with Crippen LogP contribution in [0.1, 0.15) is 113 Å². The number of ether oxygens (including phenoxy) is 6. The number of carboxylic acids is 1. The number of carbonyl (C=O) groups excluding carboxylic acids is 1. The van der Waals surface area contributed by atoms with Crippen molar-refractivity contribution in [2.75, 3.05) is 19.8 Å². The Labute approximate surface area is 404 Å². The standard InChI is InChI=1S/C47H76O17.Na/c1-22-30(50)33(53)35(55)38(60-22)64-37-32(52)26(62-39-36(56)34(54)31(51)25(19-48)61-39)20-59-40(37)63-29-11-12-43(4)27(44(29,5)21-49)10-13-46(7)28(43)9-8-23-24-18-42(2,3)14-16-47(24,41(57)58)17-15-45(23,46)6;/h8,22,24-40,48-56H,9-21H2,1-7H3,(H,57,58);/q;+1/p-1/t22-,24-,25+,26-,27+,28+,29-,30-,31+,32-,33+,34-,35+,36+,37+,38-,39-,40-,43-,44-,45+,46+,47-;/m0./s1. The molecule has 0 amide bonds. The molecule has 23 atom stereocenters. The van der Waals surface area contributed by atoms with E-state index < -0.39 is 116 Å². The number of carboxylic acid groups (broad SMARTS) is 1. The van der Waals surface area contributed by atoms with E-state index in [0.29, 0.717) is 19.3 Å². The zero-order valence-electron chi connectivity index (χ0n) is 39.5. The van der Waals surface area contributed by atoms with Gasteiger partial charge in [0.2, 0.25) is 0 Å². The first-order valence-electron chi connectivity index (χ1n) is 23.7. The molecule has 8 rings (SSSR count). The van der Waals surface area contributed by atoms with E-state index in [9.17, 15) is 55.9 Å². The van der Waals surface area contributed by atoms with Gasteiger partial charge in [-0.25, -0.2) is 0 Å². The van der Waals surface area contributed by atoms with Crippen LogP contribution in [0, 0.1) is 50.2 Å². The Balaban J connectivity index is 0.00000630. The molecule has 7 fully saturated rings. The molecule has 5 aliphatic carbocycles. The van der Waals surface area contributed by atoms with Crippen LogP contribution in [0.5, 0.6) is 0 Å². The van der Waals surface area contributed by atoms with Gasteiger partial charge in [0.05, 0.1) is 32.0 Å². The Morgan fingerprint density at radius 3 is 2.03 bits per heavy atom. The predicted molar refractivity (Wildman–Crippen MR) is 222 cm³/mol. The minimum atomic E-state index is -1.78. The van der Waals surface area contributed by atoms with Crippen molar-refractivity contribution in [3.05, 3.63) is 11.6 Å². The molecule has 17 nitrogen and oxygen atoms in total. The van der Waals surface area contributed by atoms with E-state index >= 15 is 0 Å². The Hall–Kier alpha value is -0.390. The number of aliphatic hydroxyl groups excluding tert-OH is 9. The number of carbonyl (C=O) groups is 1. The minimum absolute atomic E-state index is 0. The number of allylic oxidation sites excluding steroid dienone is 2. The van der Waals surface area contributed by atoms with Gasteiger partial charge in [-0.15, -0.1) is 0 Å². The van der Waals surface area contributed by atoms with Gasteiger partial charge in [0.1, 0.15) is 61.0 Å². The summed E-state index contributed by atoms with van der Waals surface area (Å²) in [5, 5.41) is 110. The van der Waals surface area contributed by atoms with Crippen molar-refractivity contribution in [2.24, 2.45) is 50.2 Å². The summed E-state index contributed by atoms with van der Waals surface area (Å²) >= 11 is 0. The van der Waals surface area contributed by atoms with Crippen LogP contribution in [0.4, 0.5) is 0 Å². The van der Waals surface area contributed by atoms with Crippen LogP contribution in [0.15, 0.2) is 11.6 Å². The van der Waals surface area contributed by atoms with Crippen LogP contribution in [0.25, 0.3) is 0 Å². The molecule has 0 aromatic rings. The molecule has 0 unspecified atom stereocenters. The molecule has 18 heteroatoms. The molecular weight excluding hydrogens is 859 g/mol. The van der Waals surface area contributed by atoms with Crippen LogP contribution in [0.3, 0.4) is 0 Å². The Morgan fingerprint density at radius 1 is 0.738 bits per heavy atom. The summed E-state index contributed by atoms with van der Waals surface area (Å²) in [6.07, 6.45) is -12.1. The maximum absolute atomic E-state index is 13.0. The van der Waals surface area contributed by atoms with Gasteiger partial charge in [-0.3, -0.25) is 0 Å². The van der Waals surface area contributed by atoms with E-state index in [1.54, 1.807) is 0 Å². The Bertz CT molecular complexity index is 1750. The van der Waals surface area contributed by atoms with E-state index in [-0.39, 0.29) is 82.2 Å². The predicted octanol–water partition coefficient (Wildman–Crippen LogP) is -2.99. The van der Waals surface area contributed by atoms with Gasteiger partial charge < -0.3 is 84.3 Å². The molecule has 8 aliphatic rings. The van der Waals surface area contributed by atoms with E-state index in [2.05, 4.69) is 40.7 Å². The summed E-state index contributed by atoms with van der Waals surface area (Å²) in [5.41, 5.74) is -0.952. The van der Waals surface area contributed by atoms with Gasteiger partial charge in [0.25, 0.3) is 0 Å².